The minimum absolute atomic E-state index is 0.142. The maximum Gasteiger partial charge on any atom is 0.407 e. The second-order valence-electron chi connectivity index (χ2n) is 6.89. The van der Waals surface area contributed by atoms with Crippen molar-refractivity contribution in [2.24, 2.45) is 0 Å². The number of pyridine rings is 1. The number of methoxy groups -OCH3 is 1. The van der Waals surface area contributed by atoms with Crippen molar-refractivity contribution in [1.29, 1.82) is 0 Å². The highest BCUT2D eigenvalue weighted by molar-refractivity contribution is 5.67. The van der Waals surface area contributed by atoms with Crippen LogP contribution in [-0.4, -0.2) is 54.0 Å². The van der Waals surface area contributed by atoms with Crippen LogP contribution in [0.15, 0.2) is 30.5 Å². The normalized spacial score (nSPS) is 14.3. The van der Waals surface area contributed by atoms with Crippen LogP contribution >= 0.6 is 0 Å². The Morgan fingerprint density at radius 2 is 2.10 bits per heavy atom. The Balaban J connectivity index is 1.72. The van der Waals surface area contributed by atoms with Crippen molar-refractivity contribution in [3.8, 4) is 17.2 Å². The van der Waals surface area contributed by atoms with Crippen LogP contribution < -0.4 is 19.5 Å². The summed E-state index contributed by atoms with van der Waals surface area (Å²) in [6, 6.07) is 6.26. The van der Waals surface area contributed by atoms with Crippen LogP contribution in [0.1, 0.15) is 26.2 Å². The zero-order chi connectivity index (χ0) is 21.5. The minimum Gasteiger partial charge on any atom is -0.493 e. The van der Waals surface area contributed by atoms with Gasteiger partial charge in [0, 0.05) is 44.3 Å². The van der Waals surface area contributed by atoms with E-state index < -0.39 is 11.9 Å². The van der Waals surface area contributed by atoms with Crippen molar-refractivity contribution in [3.63, 3.8) is 0 Å². The van der Waals surface area contributed by atoms with Crippen molar-refractivity contribution in [1.82, 2.24) is 9.88 Å². The summed E-state index contributed by atoms with van der Waals surface area (Å²) in [5.74, 6) is 1.12. The summed E-state index contributed by atoms with van der Waals surface area (Å²) in [6.45, 7) is 3.33. The van der Waals surface area contributed by atoms with Gasteiger partial charge in [-0.25, -0.2) is 14.2 Å². The molecule has 3 rings (SSSR count). The fourth-order valence-electron chi connectivity index (χ4n) is 3.19. The topological polar surface area (TPSA) is 93.2 Å². The zero-order valence-corrected chi connectivity index (χ0v) is 17.1. The van der Waals surface area contributed by atoms with Crippen molar-refractivity contribution in [2.75, 3.05) is 32.1 Å². The van der Waals surface area contributed by atoms with Gasteiger partial charge >= 0.3 is 6.09 Å². The monoisotopic (exact) mass is 419 g/mol. The molecule has 1 aliphatic heterocycles. The van der Waals surface area contributed by atoms with Crippen LogP contribution in [0.3, 0.4) is 0 Å². The SMILES string of the molecule is CCCOc1ccc(Nc2nccc(OC3CCN(C(=O)O)CC3)c2OC)c(F)c1. The van der Waals surface area contributed by atoms with Gasteiger partial charge in [-0.05, 0) is 18.6 Å². The molecule has 9 heteroatoms. The fourth-order valence-corrected chi connectivity index (χ4v) is 3.19. The highest BCUT2D eigenvalue weighted by Gasteiger charge is 2.25. The highest BCUT2D eigenvalue weighted by Crippen LogP contribution is 2.37. The molecule has 162 valence electrons. The molecule has 8 nitrogen and oxygen atoms in total. The number of ether oxygens (including phenoxy) is 3. The molecule has 1 aromatic carbocycles. The van der Waals surface area contributed by atoms with E-state index in [1.54, 1.807) is 24.4 Å². The molecule has 30 heavy (non-hydrogen) atoms. The molecule has 2 heterocycles. The molecule has 1 saturated heterocycles. The van der Waals surface area contributed by atoms with Crippen LogP contribution in [0.25, 0.3) is 0 Å². The van der Waals surface area contributed by atoms with Gasteiger partial charge in [0.25, 0.3) is 0 Å². The largest absolute Gasteiger partial charge is 0.493 e. The summed E-state index contributed by atoms with van der Waals surface area (Å²) in [6.07, 6.45) is 2.47. The molecule has 0 atom stereocenters. The number of halogens is 1. The van der Waals surface area contributed by atoms with E-state index in [0.29, 0.717) is 55.6 Å². The second-order valence-corrected chi connectivity index (χ2v) is 6.89. The molecule has 1 aliphatic rings. The lowest BCUT2D eigenvalue weighted by atomic mass is 10.1. The average molecular weight is 419 g/mol. The number of hydrogen-bond acceptors (Lipinski definition) is 6. The lowest BCUT2D eigenvalue weighted by molar-refractivity contribution is 0.0878. The van der Waals surface area contributed by atoms with Gasteiger partial charge in [-0.15, -0.1) is 0 Å². The molecule has 0 bridgehead atoms. The van der Waals surface area contributed by atoms with Gasteiger partial charge in [0.05, 0.1) is 19.4 Å². The zero-order valence-electron chi connectivity index (χ0n) is 17.1. The van der Waals surface area contributed by atoms with Gasteiger partial charge in [0.2, 0.25) is 5.75 Å². The van der Waals surface area contributed by atoms with Crippen LogP contribution in [-0.2, 0) is 0 Å². The molecule has 0 saturated carbocycles. The molecule has 0 unspecified atom stereocenters. The number of nitrogens with zero attached hydrogens (tertiary/aromatic N) is 2. The Morgan fingerprint density at radius 3 is 2.73 bits per heavy atom. The molecular weight excluding hydrogens is 393 g/mol. The van der Waals surface area contributed by atoms with Crippen molar-refractivity contribution >= 4 is 17.6 Å². The number of anilines is 2. The van der Waals surface area contributed by atoms with Crippen LogP contribution in [0, 0.1) is 5.82 Å². The fraction of sp³-hybridized carbons (Fsp3) is 0.429. The van der Waals surface area contributed by atoms with E-state index in [4.69, 9.17) is 19.3 Å². The van der Waals surface area contributed by atoms with Crippen molar-refractivity contribution in [3.05, 3.63) is 36.3 Å². The van der Waals surface area contributed by atoms with Crippen LogP contribution in [0.5, 0.6) is 17.2 Å². The van der Waals surface area contributed by atoms with E-state index in [1.165, 1.54) is 18.1 Å². The summed E-state index contributed by atoms with van der Waals surface area (Å²) >= 11 is 0. The third-order valence-corrected chi connectivity index (χ3v) is 4.75. The van der Waals surface area contributed by atoms with Gasteiger partial charge in [0.1, 0.15) is 17.7 Å². The smallest absolute Gasteiger partial charge is 0.407 e. The predicted octanol–water partition coefficient (Wildman–Crippen LogP) is 4.28. The first-order valence-electron chi connectivity index (χ1n) is 9.88. The Bertz CT molecular complexity index is 872. The first-order chi connectivity index (χ1) is 14.5. The number of carboxylic acid groups (broad SMARTS) is 1. The summed E-state index contributed by atoms with van der Waals surface area (Å²) in [4.78, 5) is 16.7. The van der Waals surface area contributed by atoms with Crippen molar-refractivity contribution < 1.29 is 28.5 Å². The molecule has 0 aliphatic carbocycles. The number of rotatable bonds is 8. The third-order valence-electron chi connectivity index (χ3n) is 4.75. The van der Waals surface area contributed by atoms with E-state index in [1.807, 2.05) is 6.92 Å². The molecule has 1 amide bonds. The quantitative estimate of drug-likeness (QED) is 0.659. The van der Waals surface area contributed by atoms with E-state index in [-0.39, 0.29) is 11.8 Å². The second kappa shape index (κ2) is 10.00. The van der Waals surface area contributed by atoms with Crippen LogP contribution in [0.4, 0.5) is 20.7 Å². The average Bonchev–Trinajstić information content (AvgIpc) is 2.74. The number of nitrogens with one attached hydrogen (secondary N) is 1. The number of hydrogen-bond donors (Lipinski definition) is 2. The maximum atomic E-state index is 14.5. The Kier molecular flexibility index (Phi) is 7.16. The Hall–Kier alpha value is -3.23. The number of aromatic nitrogens is 1. The summed E-state index contributed by atoms with van der Waals surface area (Å²) in [7, 11) is 1.49. The molecule has 2 aromatic rings. The molecule has 1 aromatic heterocycles. The van der Waals surface area contributed by atoms with Gasteiger partial charge in [-0.2, -0.15) is 0 Å². The number of amides is 1. The van der Waals surface area contributed by atoms with Gasteiger partial charge in [0.15, 0.2) is 11.6 Å². The molecule has 0 radical (unpaired) electrons. The minimum atomic E-state index is -0.922. The van der Waals surface area contributed by atoms with Gasteiger partial charge in [-0.1, -0.05) is 6.92 Å². The summed E-state index contributed by atoms with van der Waals surface area (Å²) < 4.78 is 31.4. The van der Waals surface area contributed by atoms with Gasteiger partial charge in [-0.3, -0.25) is 0 Å². The lowest BCUT2D eigenvalue weighted by Gasteiger charge is -2.30. The number of carbonyl (C=O) groups is 1. The van der Waals surface area contributed by atoms with E-state index in [2.05, 4.69) is 10.3 Å². The van der Waals surface area contributed by atoms with Crippen molar-refractivity contribution in [2.45, 2.75) is 32.3 Å². The Labute approximate surface area is 174 Å². The highest BCUT2D eigenvalue weighted by atomic mass is 19.1. The lowest BCUT2D eigenvalue weighted by Crippen LogP contribution is -2.41. The first kappa shape index (κ1) is 21.5. The van der Waals surface area contributed by atoms with Crippen LogP contribution in [0.2, 0.25) is 0 Å². The Morgan fingerprint density at radius 1 is 1.33 bits per heavy atom. The molecule has 1 fully saturated rings. The standard InChI is InChI=1S/C21H26FN3O5/c1-3-12-29-15-4-5-17(16(22)13-15)24-20-19(28-2)18(6-9-23-20)30-14-7-10-25(11-8-14)21(26)27/h4-6,9,13-14H,3,7-8,10-12H2,1-2H3,(H,23,24)(H,26,27). The maximum absolute atomic E-state index is 14.5. The first-order valence-corrected chi connectivity index (χ1v) is 9.88. The number of benzene rings is 1. The molecule has 0 spiro atoms. The number of likely N-dealkylation sites (tertiary alicyclic amines) is 1. The number of piperidine rings is 1. The third kappa shape index (κ3) is 5.22. The predicted molar refractivity (Wildman–Crippen MR) is 110 cm³/mol. The summed E-state index contributed by atoms with van der Waals surface area (Å²) in [5, 5.41) is 12.0. The molecule has 2 N–H and O–H groups in total. The summed E-state index contributed by atoms with van der Waals surface area (Å²) in [5.41, 5.74) is 0.233. The van der Waals surface area contributed by atoms with E-state index in [9.17, 15) is 9.18 Å². The van der Waals surface area contributed by atoms with Gasteiger partial charge < -0.3 is 29.5 Å². The van der Waals surface area contributed by atoms with E-state index >= 15 is 0 Å². The molecular formula is C21H26FN3O5. The van der Waals surface area contributed by atoms with E-state index in [0.717, 1.165) is 6.42 Å².